The summed E-state index contributed by atoms with van der Waals surface area (Å²) in [7, 11) is 1.22. The fraction of sp³-hybridized carbons (Fsp3) is 0.286. The predicted octanol–water partition coefficient (Wildman–Crippen LogP) is 1.15. The highest BCUT2D eigenvalue weighted by atomic mass is 16.7. The van der Waals surface area contributed by atoms with Crippen LogP contribution in [0.2, 0.25) is 0 Å². The van der Waals surface area contributed by atoms with Gasteiger partial charge >= 0.3 is 6.16 Å². The summed E-state index contributed by atoms with van der Waals surface area (Å²) >= 11 is 0. The largest absolute Gasteiger partial charge is 0.513 e. The minimum absolute atomic E-state index is 0.164. The average Bonchev–Trinajstić information content (AvgIpc) is 1.85. The Hall–Kier alpha value is -1.45. The summed E-state index contributed by atoms with van der Waals surface area (Å²) in [4.78, 5) is 10.4. The lowest BCUT2D eigenvalue weighted by Gasteiger charge is -2.00. The molecule has 0 fully saturated rings. The van der Waals surface area contributed by atoms with Crippen LogP contribution in [0.5, 0.6) is 0 Å². The van der Waals surface area contributed by atoms with Gasteiger partial charge in [0.25, 0.3) is 0 Å². The van der Waals surface area contributed by atoms with Crippen molar-refractivity contribution in [3.05, 3.63) is 24.1 Å². The Bertz CT molecular complexity index is 192. The van der Waals surface area contributed by atoms with E-state index in [0.29, 0.717) is 5.70 Å². The van der Waals surface area contributed by atoms with Crippen molar-refractivity contribution < 1.29 is 14.3 Å². The first-order valence-corrected chi connectivity index (χ1v) is 2.94. The molecule has 0 aliphatic carbocycles. The molecule has 0 aromatic heterocycles. The van der Waals surface area contributed by atoms with E-state index >= 15 is 0 Å². The van der Waals surface area contributed by atoms with Crippen LogP contribution in [0.1, 0.15) is 6.92 Å². The number of ether oxygens (including phenoxy) is 2. The Morgan fingerprint density at radius 2 is 2.18 bits per heavy atom. The topological polar surface area (TPSA) is 61.5 Å². The van der Waals surface area contributed by atoms with E-state index in [4.69, 9.17) is 5.73 Å². The highest BCUT2D eigenvalue weighted by Crippen LogP contribution is 1.99. The average molecular weight is 157 g/mol. The van der Waals surface area contributed by atoms with Crippen LogP contribution >= 0.6 is 0 Å². The molecule has 0 amide bonds. The van der Waals surface area contributed by atoms with Crippen molar-refractivity contribution in [2.75, 3.05) is 7.11 Å². The van der Waals surface area contributed by atoms with Gasteiger partial charge in [0.15, 0.2) is 0 Å². The third-order valence-electron chi connectivity index (χ3n) is 0.770. The molecule has 11 heavy (non-hydrogen) atoms. The molecule has 4 nitrogen and oxygen atoms in total. The fourth-order valence-electron chi connectivity index (χ4n) is 0.432. The summed E-state index contributed by atoms with van der Waals surface area (Å²) in [5.41, 5.74) is 5.79. The summed E-state index contributed by atoms with van der Waals surface area (Å²) in [6.07, 6.45) is 0.629. The van der Waals surface area contributed by atoms with Crippen LogP contribution in [-0.2, 0) is 9.47 Å². The van der Waals surface area contributed by atoms with E-state index < -0.39 is 6.16 Å². The Morgan fingerprint density at radius 1 is 1.64 bits per heavy atom. The van der Waals surface area contributed by atoms with Crippen LogP contribution in [0, 0.1) is 0 Å². The zero-order valence-corrected chi connectivity index (χ0v) is 6.59. The molecule has 0 bridgehead atoms. The molecule has 0 aromatic rings. The van der Waals surface area contributed by atoms with Crippen molar-refractivity contribution in [3.63, 3.8) is 0 Å². The Labute approximate surface area is 65.3 Å². The fourth-order valence-corrected chi connectivity index (χ4v) is 0.432. The smallest absolute Gasteiger partial charge is 0.437 e. The number of allylic oxidation sites excluding steroid dienone is 2. The van der Waals surface area contributed by atoms with Gasteiger partial charge in [-0.1, -0.05) is 6.58 Å². The van der Waals surface area contributed by atoms with E-state index in [1.54, 1.807) is 6.92 Å². The van der Waals surface area contributed by atoms with Crippen molar-refractivity contribution in [2.24, 2.45) is 5.73 Å². The highest BCUT2D eigenvalue weighted by Gasteiger charge is 2.00. The van der Waals surface area contributed by atoms with Gasteiger partial charge in [0.2, 0.25) is 0 Å². The molecule has 62 valence electrons. The second-order valence-corrected chi connectivity index (χ2v) is 1.91. The van der Waals surface area contributed by atoms with E-state index in [1.807, 2.05) is 0 Å². The molecule has 0 heterocycles. The number of nitrogens with two attached hydrogens (primary N) is 1. The number of hydrogen-bond donors (Lipinski definition) is 1. The molecule has 4 heteroatoms. The predicted molar refractivity (Wildman–Crippen MR) is 40.6 cm³/mol. The number of carbonyl (C=O) groups is 1. The second-order valence-electron chi connectivity index (χ2n) is 1.91. The first-order valence-electron chi connectivity index (χ1n) is 2.94. The van der Waals surface area contributed by atoms with Crippen LogP contribution in [0.25, 0.3) is 0 Å². The highest BCUT2D eigenvalue weighted by molar-refractivity contribution is 5.61. The van der Waals surface area contributed by atoms with Crippen LogP contribution in [0.15, 0.2) is 24.1 Å². The minimum Gasteiger partial charge on any atom is -0.437 e. The Balaban J connectivity index is 3.89. The van der Waals surface area contributed by atoms with Crippen molar-refractivity contribution in [1.29, 1.82) is 0 Å². The van der Waals surface area contributed by atoms with E-state index in [0.717, 1.165) is 0 Å². The summed E-state index contributed by atoms with van der Waals surface area (Å²) in [5.74, 6) is 0.164. The van der Waals surface area contributed by atoms with Crippen LogP contribution < -0.4 is 5.73 Å². The van der Waals surface area contributed by atoms with E-state index in [-0.39, 0.29) is 5.76 Å². The summed E-state index contributed by atoms with van der Waals surface area (Å²) in [6, 6.07) is 0. The normalized spacial score (nSPS) is 10.5. The first-order chi connectivity index (χ1) is 5.06. The van der Waals surface area contributed by atoms with Gasteiger partial charge in [0.1, 0.15) is 5.76 Å². The van der Waals surface area contributed by atoms with Crippen LogP contribution in [-0.4, -0.2) is 13.3 Å². The van der Waals surface area contributed by atoms with Gasteiger partial charge in [0.05, 0.1) is 7.11 Å². The molecule has 0 aliphatic rings. The van der Waals surface area contributed by atoms with Crippen molar-refractivity contribution >= 4 is 6.16 Å². The molecule has 2 N–H and O–H groups in total. The van der Waals surface area contributed by atoms with Gasteiger partial charge in [-0.3, -0.25) is 0 Å². The number of hydrogen-bond acceptors (Lipinski definition) is 4. The lowest BCUT2D eigenvalue weighted by atomic mass is 10.4. The van der Waals surface area contributed by atoms with Crippen molar-refractivity contribution in [2.45, 2.75) is 6.92 Å². The lowest BCUT2D eigenvalue weighted by molar-refractivity contribution is 0.100. The van der Waals surface area contributed by atoms with Crippen molar-refractivity contribution in [3.8, 4) is 0 Å². The molecule has 0 radical (unpaired) electrons. The zero-order chi connectivity index (χ0) is 8.85. The van der Waals surface area contributed by atoms with Gasteiger partial charge in [-0.25, -0.2) is 4.79 Å². The maximum Gasteiger partial charge on any atom is 0.513 e. The third-order valence-corrected chi connectivity index (χ3v) is 0.770. The molecule has 0 aliphatic heterocycles. The summed E-state index contributed by atoms with van der Waals surface area (Å²) < 4.78 is 8.71. The molecular formula is C7H11NO3. The molecule has 0 saturated heterocycles. The van der Waals surface area contributed by atoms with Crippen LogP contribution in [0.3, 0.4) is 0 Å². The van der Waals surface area contributed by atoms with Gasteiger partial charge in [-0.15, -0.1) is 0 Å². The number of carbonyl (C=O) groups excluding carboxylic acids is 1. The Morgan fingerprint density at radius 3 is 2.55 bits per heavy atom. The van der Waals surface area contributed by atoms with E-state index in [1.165, 1.54) is 13.2 Å². The maximum absolute atomic E-state index is 10.4. The van der Waals surface area contributed by atoms with E-state index in [9.17, 15) is 4.79 Å². The molecule has 0 unspecified atom stereocenters. The third kappa shape index (κ3) is 5.02. The quantitative estimate of drug-likeness (QED) is 0.371. The van der Waals surface area contributed by atoms with E-state index in [2.05, 4.69) is 16.1 Å². The summed E-state index contributed by atoms with van der Waals surface area (Å²) in [6.45, 7) is 5.06. The van der Waals surface area contributed by atoms with Gasteiger partial charge in [0, 0.05) is 5.70 Å². The van der Waals surface area contributed by atoms with Crippen molar-refractivity contribution in [1.82, 2.24) is 0 Å². The number of methoxy groups -OCH3 is 1. The standard InChI is InChI=1S/C7H11NO3/c1-5(8)4-6(2)11-7(9)10-3/h4H,2,8H2,1,3H3/b5-4+. The van der Waals surface area contributed by atoms with Gasteiger partial charge in [-0.2, -0.15) is 0 Å². The first kappa shape index (κ1) is 9.55. The Kier molecular flexibility index (Phi) is 3.80. The molecular weight excluding hydrogens is 146 g/mol. The number of rotatable bonds is 2. The molecule has 0 aromatic carbocycles. The van der Waals surface area contributed by atoms with Gasteiger partial charge < -0.3 is 15.2 Å². The molecule has 0 rings (SSSR count). The molecule has 0 saturated carbocycles. The minimum atomic E-state index is -0.799. The summed E-state index contributed by atoms with van der Waals surface area (Å²) in [5, 5.41) is 0. The molecule has 0 spiro atoms. The zero-order valence-electron chi connectivity index (χ0n) is 6.59. The SMILES string of the molecule is C=C(/C=C(\C)N)OC(=O)OC. The molecule has 0 atom stereocenters. The lowest BCUT2D eigenvalue weighted by Crippen LogP contribution is -2.03. The monoisotopic (exact) mass is 157 g/mol. The second kappa shape index (κ2) is 4.38. The van der Waals surface area contributed by atoms with Gasteiger partial charge in [-0.05, 0) is 13.0 Å². The maximum atomic E-state index is 10.4. The van der Waals surface area contributed by atoms with Crippen LogP contribution in [0.4, 0.5) is 4.79 Å².